The SMILES string of the molecule is Cc1ccc(C2CCCCCN2C(=O)Cc2cccc(C(=O)O)c2)o1. The number of furan rings is 1. The third-order valence-electron chi connectivity index (χ3n) is 4.69. The van der Waals surface area contributed by atoms with Gasteiger partial charge in [0.15, 0.2) is 0 Å². The van der Waals surface area contributed by atoms with Gasteiger partial charge in [0.05, 0.1) is 18.0 Å². The lowest BCUT2D eigenvalue weighted by Crippen LogP contribution is -2.35. The van der Waals surface area contributed by atoms with Crippen molar-refractivity contribution in [3.8, 4) is 0 Å². The maximum atomic E-state index is 12.9. The molecule has 1 saturated heterocycles. The number of amides is 1. The van der Waals surface area contributed by atoms with E-state index >= 15 is 0 Å². The van der Waals surface area contributed by atoms with Gasteiger partial charge in [-0.05, 0) is 49.6 Å². The van der Waals surface area contributed by atoms with E-state index in [4.69, 9.17) is 9.52 Å². The van der Waals surface area contributed by atoms with Crippen LogP contribution >= 0.6 is 0 Å². The van der Waals surface area contributed by atoms with Crippen LogP contribution in [0.1, 0.15) is 59.2 Å². The van der Waals surface area contributed by atoms with Crippen LogP contribution < -0.4 is 0 Å². The van der Waals surface area contributed by atoms with Gasteiger partial charge in [0.25, 0.3) is 0 Å². The van der Waals surface area contributed by atoms with Gasteiger partial charge >= 0.3 is 5.97 Å². The molecule has 0 spiro atoms. The highest BCUT2D eigenvalue weighted by atomic mass is 16.4. The van der Waals surface area contributed by atoms with Crippen LogP contribution in [0.4, 0.5) is 0 Å². The summed E-state index contributed by atoms with van der Waals surface area (Å²) < 4.78 is 5.79. The number of rotatable bonds is 4. The average molecular weight is 341 g/mol. The zero-order chi connectivity index (χ0) is 17.8. The van der Waals surface area contributed by atoms with Crippen LogP contribution in [0.5, 0.6) is 0 Å². The van der Waals surface area contributed by atoms with E-state index < -0.39 is 5.97 Å². The molecule has 1 aliphatic heterocycles. The fraction of sp³-hybridized carbons (Fsp3) is 0.400. The Balaban J connectivity index is 1.80. The highest BCUT2D eigenvalue weighted by molar-refractivity contribution is 5.88. The smallest absolute Gasteiger partial charge is 0.335 e. The number of nitrogens with zero attached hydrogens (tertiary/aromatic N) is 1. The van der Waals surface area contributed by atoms with Crippen molar-refractivity contribution < 1.29 is 19.1 Å². The lowest BCUT2D eigenvalue weighted by atomic mass is 10.0. The molecule has 1 aliphatic rings. The molecular formula is C20H23NO4. The van der Waals surface area contributed by atoms with Crippen molar-refractivity contribution in [3.05, 3.63) is 59.0 Å². The summed E-state index contributed by atoms with van der Waals surface area (Å²) in [5, 5.41) is 9.11. The molecule has 5 heteroatoms. The number of aryl methyl sites for hydroxylation is 1. The van der Waals surface area contributed by atoms with Crippen molar-refractivity contribution in [2.24, 2.45) is 0 Å². The maximum Gasteiger partial charge on any atom is 0.335 e. The predicted molar refractivity (Wildman–Crippen MR) is 93.5 cm³/mol. The van der Waals surface area contributed by atoms with E-state index in [0.29, 0.717) is 6.54 Å². The summed E-state index contributed by atoms with van der Waals surface area (Å²) in [5.41, 5.74) is 0.933. The van der Waals surface area contributed by atoms with Crippen LogP contribution in [0.3, 0.4) is 0 Å². The molecule has 2 heterocycles. The van der Waals surface area contributed by atoms with Crippen LogP contribution in [0.15, 0.2) is 40.8 Å². The number of likely N-dealkylation sites (tertiary alicyclic amines) is 1. The van der Waals surface area contributed by atoms with E-state index in [2.05, 4.69) is 0 Å². The summed E-state index contributed by atoms with van der Waals surface area (Å²) in [6.07, 6.45) is 4.26. The van der Waals surface area contributed by atoms with Gasteiger partial charge in [-0.15, -0.1) is 0 Å². The summed E-state index contributed by atoms with van der Waals surface area (Å²) in [6, 6.07) is 10.4. The van der Waals surface area contributed by atoms with Crippen molar-refractivity contribution >= 4 is 11.9 Å². The van der Waals surface area contributed by atoms with Gasteiger partial charge in [0.1, 0.15) is 11.5 Å². The lowest BCUT2D eigenvalue weighted by molar-refractivity contribution is -0.133. The highest BCUT2D eigenvalue weighted by Crippen LogP contribution is 2.31. The van der Waals surface area contributed by atoms with Crippen molar-refractivity contribution in [2.45, 2.75) is 45.1 Å². The van der Waals surface area contributed by atoms with Crippen LogP contribution in [0.25, 0.3) is 0 Å². The molecule has 2 aromatic rings. The molecule has 1 unspecified atom stereocenters. The number of carbonyl (C=O) groups excluding carboxylic acids is 1. The van der Waals surface area contributed by atoms with Gasteiger partial charge in [0.2, 0.25) is 5.91 Å². The second-order valence-corrected chi connectivity index (χ2v) is 6.58. The second kappa shape index (κ2) is 7.55. The van der Waals surface area contributed by atoms with Crippen LogP contribution in [0, 0.1) is 6.92 Å². The fourth-order valence-electron chi connectivity index (χ4n) is 3.43. The molecule has 0 aliphatic carbocycles. The summed E-state index contributed by atoms with van der Waals surface area (Å²) in [7, 11) is 0. The largest absolute Gasteiger partial charge is 0.478 e. The third-order valence-corrected chi connectivity index (χ3v) is 4.69. The number of carbonyl (C=O) groups is 2. The Hall–Kier alpha value is -2.56. The van der Waals surface area contributed by atoms with Gasteiger partial charge in [-0.3, -0.25) is 4.79 Å². The zero-order valence-corrected chi connectivity index (χ0v) is 14.4. The molecule has 1 aromatic heterocycles. The third kappa shape index (κ3) is 4.10. The molecule has 0 bridgehead atoms. The van der Waals surface area contributed by atoms with Gasteiger partial charge in [-0.1, -0.05) is 25.0 Å². The lowest BCUT2D eigenvalue weighted by Gasteiger charge is -2.29. The molecule has 132 valence electrons. The van der Waals surface area contributed by atoms with Crippen LogP contribution in [-0.4, -0.2) is 28.4 Å². The first-order valence-electron chi connectivity index (χ1n) is 8.72. The van der Waals surface area contributed by atoms with Gasteiger partial charge < -0.3 is 14.4 Å². The first-order chi connectivity index (χ1) is 12.0. The zero-order valence-electron chi connectivity index (χ0n) is 14.4. The minimum absolute atomic E-state index is 0.0171. The first-order valence-corrected chi connectivity index (χ1v) is 8.72. The Kier molecular flexibility index (Phi) is 5.22. The summed E-state index contributed by atoms with van der Waals surface area (Å²) in [5.74, 6) is 0.726. The Labute approximate surface area is 147 Å². The molecule has 5 nitrogen and oxygen atoms in total. The summed E-state index contributed by atoms with van der Waals surface area (Å²) >= 11 is 0. The predicted octanol–water partition coefficient (Wildman–Crippen LogP) is 3.97. The van der Waals surface area contributed by atoms with E-state index in [1.807, 2.05) is 24.0 Å². The molecule has 0 saturated carbocycles. The number of carboxylic acid groups (broad SMARTS) is 1. The van der Waals surface area contributed by atoms with E-state index in [9.17, 15) is 9.59 Å². The topological polar surface area (TPSA) is 70.8 Å². The van der Waals surface area contributed by atoms with E-state index in [1.54, 1.807) is 18.2 Å². The Bertz CT molecular complexity index is 765. The molecule has 1 amide bonds. The van der Waals surface area contributed by atoms with Crippen LogP contribution in [0.2, 0.25) is 0 Å². The minimum atomic E-state index is -0.979. The first kappa shape index (κ1) is 17.3. The Morgan fingerprint density at radius 2 is 2.04 bits per heavy atom. The summed E-state index contributed by atoms with van der Waals surface area (Å²) in [6.45, 7) is 2.62. The van der Waals surface area contributed by atoms with Crippen molar-refractivity contribution in [1.29, 1.82) is 0 Å². The summed E-state index contributed by atoms with van der Waals surface area (Å²) in [4.78, 5) is 25.9. The number of aromatic carboxylic acids is 1. The quantitative estimate of drug-likeness (QED) is 0.913. The Morgan fingerprint density at radius 1 is 1.20 bits per heavy atom. The van der Waals surface area contributed by atoms with E-state index in [0.717, 1.165) is 42.8 Å². The van der Waals surface area contributed by atoms with E-state index in [-0.39, 0.29) is 23.9 Å². The molecule has 3 rings (SSSR count). The molecule has 1 fully saturated rings. The van der Waals surface area contributed by atoms with Crippen molar-refractivity contribution in [2.75, 3.05) is 6.54 Å². The average Bonchev–Trinajstić information content (AvgIpc) is 2.87. The number of carboxylic acids is 1. The Morgan fingerprint density at radius 3 is 2.76 bits per heavy atom. The number of hydrogen-bond donors (Lipinski definition) is 1. The van der Waals surface area contributed by atoms with E-state index in [1.165, 1.54) is 6.07 Å². The highest BCUT2D eigenvalue weighted by Gasteiger charge is 2.28. The maximum absolute atomic E-state index is 12.9. The molecule has 25 heavy (non-hydrogen) atoms. The minimum Gasteiger partial charge on any atom is -0.478 e. The molecule has 1 atom stereocenters. The number of hydrogen-bond acceptors (Lipinski definition) is 3. The van der Waals surface area contributed by atoms with Crippen molar-refractivity contribution in [3.63, 3.8) is 0 Å². The van der Waals surface area contributed by atoms with Crippen LogP contribution in [-0.2, 0) is 11.2 Å². The molecule has 0 radical (unpaired) electrons. The monoisotopic (exact) mass is 341 g/mol. The van der Waals surface area contributed by atoms with Gasteiger partial charge in [-0.2, -0.15) is 0 Å². The van der Waals surface area contributed by atoms with Gasteiger partial charge in [-0.25, -0.2) is 4.79 Å². The number of benzene rings is 1. The van der Waals surface area contributed by atoms with Gasteiger partial charge in [0, 0.05) is 6.54 Å². The normalized spacial score (nSPS) is 18.0. The second-order valence-electron chi connectivity index (χ2n) is 6.58. The standard InChI is InChI=1S/C20H23NO4/c1-14-9-10-18(25-14)17-8-3-2-4-11-21(17)19(22)13-15-6-5-7-16(12-15)20(23)24/h5-7,9-10,12,17H,2-4,8,11,13H2,1H3,(H,23,24). The van der Waals surface area contributed by atoms with Crippen molar-refractivity contribution in [1.82, 2.24) is 4.90 Å². The fourth-order valence-corrected chi connectivity index (χ4v) is 3.43. The molecule has 1 N–H and O–H groups in total. The molecule has 1 aromatic carbocycles. The molecular weight excluding hydrogens is 318 g/mol.